The van der Waals surface area contributed by atoms with Crippen LogP contribution in [0.1, 0.15) is 21.0 Å². The van der Waals surface area contributed by atoms with E-state index in [1.54, 1.807) is 18.7 Å². The van der Waals surface area contributed by atoms with Gasteiger partial charge >= 0.3 is 29.0 Å². The molecule has 0 aliphatic carbocycles. The molecule has 0 saturated carbocycles. The summed E-state index contributed by atoms with van der Waals surface area (Å²) in [7, 11) is 0. The van der Waals surface area contributed by atoms with Crippen molar-refractivity contribution in [1.82, 2.24) is 4.57 Å². The molecule has 2 aromatic carbocycles. The van der Waals surface area contributed by atoms with Crippen LogP contribution < -0.4 is 4.74 Å². The van der Waals surface area contributed by atoms with E-state index in [-0.39, 0.29) is 25.9 Å². The fourth-order valence-electron chi connectivity index (χ4n) is 3.49. The Hall–Kier alpha value is -1.93. The van der Waals surface area contributed by atoms with Gasteiger partial charge in [0.05, 0.1) is 6.54 Å². The summed E-state index contributed by atoms with van der Waals surface area (Å²) in [5.41, 5.74) is 4.47. The van der Waals surface area contributed by atoms with Gasteiger partial charge in [-0.25, -0.2) is 4.79 Å². The Morgan fingerprint density at radius 2 is 1.78 bits per heavy atom. The number of carboxylic acid groups (broad SMARTS) is 1. The molecule has 1 atom stereocenters. The van der Waals surface area contributed by atoms with Crippen molar-refractivity contribution in [3.63, 3.8) is 0 Å². The van der Waals surface area contributed by atoms with E-state index in [9.17, 15) is 9.90 Å². The van der Waals surface area contributed by atoms with Crippen molar-refractivity contribution >= 4 is 40.8 Å². The normalized spacial score (nSPS) is 11.6. The number of ether oxygens (including phenoxy) is 2. The van der Waals surface area contributed by atoms with Crippen LogP contribution in [0.5, 0.6) is 5.75 Å². The Morgan fingerprint density at radius 3 is 2.38 bits per heavy atom. The maximum atomic E-state index is 11.3. The number of rotatable bonds is 11. The molecule has 1 N–H and O–H groups in total. The molecule has 1 unspecified atom stereocenters. The van der Waals surface area contributed by atoms with Crippen LogP contribution in [0.2, 0.25) is 0 Å². The number of thioether (sulfide) groups is 1. The Balaban J connectivity index is 0.00000363. The summed E-state index contributed by atoms with van der Waals surface area (Å²) in [5, 5.41) is 9.23. The molecule has 3 aromatic rings. The first-order valence-corrected chi connectivity index (χ1v) is 11.6. The van der Waals surface area contributed by atoms with Crippen LogP contribution in [-0.2, 0) is 22.5 Å². The smallest absolute Gasteiger partial charge is 1.00 e. The van der Waals surface area contributed by atoms with Crippen LogP contribution in [0, 0.1) is 6.92 Å². The first-order chi connectivity index (χ1) is 15.0. The summed E-state index contributed by atoms with van der Waals surface area (Å²) >= 11 is 1.74. The number of benzene rings is 2. The van der Waals surface area contributed by atoms with E-state index in [1.165, 1.54) is 21.8 Å². The van der Waals surface area contributed by atoms with Crippen molar-refractivity contribution in [2.45, 2.75) is 37.8 Å². The van der Waals surface area contributed by atoms with Gasteiger partial charge in [0.1, 0.15) is 12.4 Å². The monoisotopic (exact) mass is 465 g/mol. The molecule has 1 heterocycles. The number of carboxylic acids is 1. The van der Waals surface area contributed by atoms with Gasteiger partial charge in [0, 0.05) is 29.3 Å². The van der Waals surface area contributed by atoms with Gasteiger partial charge in [0.25, 0.3) is 0 Å². The standard InChI is InChI=1S/C25H29NO4S.Mg.2H/c1-4-29-24(25(27)28)17-19-6-10-21(11-7-19)30-16-15-26-18(2)5-14-23(26)20-8-12-22(31-3)13-9-20;;;/h5-14,24H,4,15-17H2,1-3H3,(H,27,28);;;/q;+2;2*-1. The third kappa shape index (κ3) is 7.03. The van der Waals surface area contributed by atoms with Crippen LogP contribution in [-0.4, -0.2) is 64.3 Å². The van der Waals surface area contributed by atoms with Crippen molar-refractivity contribution in [2.75, 3.05) is 19.5 Å². The summed E-state index contributed by atoms with van der Waals surface area (Å²) < 4.78 is 13.5. The average Bonchev–Trinajstić information content (AvgIpc) is 3.15. The second-order valence-corrected chi connectivity index (χ2v) is 8.10. The third-order valence-electron chi connectivity index (χ3n) is 5.16. The van der Waals surface area contributed by atoms with Crippen LogP contribution >= 0.6 is 11.8 Å². The van der Waals surface area contributed by atoms with Gasteiger partial charge in [0.15, 0.2) is 6.10 Å². The fourth-order valence-corrected chi connectivity index (χ4v) is 3.90. The molecule has 0 spiro atoms. The Labute approximate surface area is 213 Å². The number of aromatic nitrogens is 1. The molecule has 168 valence electrons. The summed E-state index contributed by atoms with van der Waals surface area (Å²) in [6.45, 7) is 5.56. The molecule has 0 bridgehead atoms. The fraction of sp³-hybridized carbons (Fsp3) is 0.320. The molecule has 3 rings (SSSR count). The van der Waals surface area contributed by atoms with E-state index in [1.807, 2.05) is 24.3 Å². The summed E-state index contributed by atoms with van der Waals surface area (Å²) in [4.78, 5) is 12.5. The number of hydrogen-bond acceptors (Lipinski definition) is 4. The quantitative estimate of drug-likeness (QED) is 0.314. The molecule has 0 radical (unpaired) electrons. The van der Waals surface area contributed by atoms with E-state index in [0.29, 0.717) is 19.6 Å². The summed E-state index contributed by atoms with van der Waals surface area (Å²) in [6.07, 6.45) is 1.59. The predicted octanol–water partition coefficient (Wildman–Crippen LogP) is 5.14. The first kappa shape index (κ1) is 26.3. The third-order valence-corrected chi connectivity index (χ3v) is 5.90. The predicted molar refractivity (Wildman–Crippen MR) is 133 cm³/mol. The minimum atomic E-state index is -0.942. The molecular weight excluding hydrogens is 435 g/mol. The van der Waals surface area contributed by atoms with Crippen LogP contribution in [0.4, 0.5) is 0 Å². The Bertz CT molecular complexity index is 997. The van der Waals surface area contributed by atoms with E-state index in [0.717, 1.165) is 17.9 Å². The van der Waals surface area contributed by atoms with Crippen molar-refractivity contribution in [3.05, 3.63) is 71.9 Å². The molecule has 5 nitrogen and oxygen atoms in total. The van der Waals surface area contributed by atoms with Gasteiger partial charge in [-0.1, -0.05) is 24.3 Å². The number of aliphatic carboxylic acids is 1. The van der Waals surface area contributed by atoms with Gasteiger partial charge in [-0.15, -0.1) is 11.8 Å². The van der Waals surface area contributed by atoms with E-state index in [2.05, 4.69) is 54.1 Å². The molecular formula is C25H31MgNO4S. The molecule has 0 amide bonds. The number of hydrogen-bond donors (Lipinski definition) is 1. The molecule has 0 saturated heterocycles. The zero-order valence-corrected chi connectivity index (χ0v) is 21.1. The Kier molecular flexibility index (Phi) is 10.6. The Morgan fingerprint density at radius 1 is 1.09 bits per heavy atom. The van der Waals surface area contributed by atoms with Gasteiger partial charge < -0.3 is 22.0 Å². The summed E-state index contributed by atoms with van der Waals surface area (Å²) in [5.74, 6) is -0.175. The minimum Gasteiger partial charge on any atom is -1.00 e. The molecule has 1 aromatic heterocycles. The van der Waals surface area contributed by atoms with E-state index in [4.69, 9.17) is 9.47 Å². The van der Waals surface area contributed by atoms with Gasteiger partial charge in [-0.2, -0.15) is 0 Å². The van der Waals surface area contributed by atoms with Gasteiger partial charge in [-0.05, 0) is 67.6 Å². The molecule has 32 heavy (non-hydrogen) atoms. The van der Waals surface area contributed by atoms with E-state index >= 15 is 0 Å². The minimum absolute atomic E-state index is 0. The second-order valence-electron chi connectivity index (χ2n) is 7.22. The van der Waals surface area contributed by atoms with E-state index < -0.39 is 12.1 Å². The van der Waals surface area contributed by atoms with Crippen molar-refractivity contribution in [1.29, 1.82) is 0 Å². The zero-order valence-electron chi connectivity index (χ0n) is 20.9. The van der Waals surface area contributed by atoms with Gasteiger partial charge in [-0.3, -0.25) is 0 Å². The molecule has 7 heteroatoms. The SMILES string of the molecule is CCOC(Cc1ccc(OCCn2c(C)ccc2-c2ccc(SC)cc2)cc1)C(=O)O.[H-].[H-].[Mg+2]. The maximum Gasteiger partial charge on any atom is 2.00 e. The number of aryl methyl sites for hydroxylation is 1. The average molecular weight is 466 g/mol. The van der Waals surface area contributed by atoms with Crippen molar-refractivity contribution in [2.24, 2.45) is 0 Å². The zero-order chi connectivity index (χ0) is 22.2. The van der Waals surface area contributed by atoms with Crippen molar-refractivity contribution in [3.8, 4) is 17.0 Å². The first-order valence-electron chi connectivity index (χ1n) is 10.4. The number of carbonyl (C=O) groups is 1. The molecule has 0 aliphatic rings. The largest absolute Gasteiger partial charge is 2.00 e. The molecule has 0 aliphatic heterocycles. The topological polar surface area (TPSA) is 60.7 Å². The molecule has 0 fully saturated rings. The summed E-state index contributed by atoms with van der Waals surface area (Å²) in [6, 6.07) is 20.4. The van der Waals surface area contributed by atoms with Crippen molar-refractivity contribution < 1.29 is 22.2 Å². The maximum absolute atomic E-state index is 11.3. The second kappa shape index (κ2) is 12.9. The van der Waals surface area contributed by atoms with Crippen LogP contribution in [0.3, 0.4) is 0 Å². The number of nitrogens with zero attached hydrogens (tertiary/aromatic N) is 1. The van der Waals surface area contributed by atoms with Gasteiger partial charge in [0.2, 0.25) is 0 Å². The van der Waals surface area contributed by atoms with Crippen LogP contribution in [0.25, 0.3) is 11.3 Å². The van der Waals surface area contributed by atoms with Crippen LogP contribution in [0.15, 0.2) is 65.6 Å².